The molecule has 0 saturated carbocycles. The van der Waals surface area contributed by atoms with Crippen molar-refractivity contribution in [2.45, 2.75) is 26.2 Å². The van der Waals surface area contributed by atoms with Crippen molar-refractivity contribution in [1.29, 1.82) is 0 Å². The molecule has 0 aliphatic heterocycles. The summed E-state index contributed by atoms with van der Waals surface area (Å²) in [6.45, 7) is 4.64. The van der Waals surface area contributed by atoms with Crippen LogP contribution in [0.15, 0.2) is 0 Å². The molecule has 1 amide bonds. The summed E-state index contributed by atoms with van der Waals surface area (Å²) in [5, 5.41) is 6.05. The summed E-state index contributed by atoms with van der Waals surface area (Å²) in [6.07, 6.45) is 4.92. The van der Waals surface area contributed by atoms with Crippen LogP contribution in [0.2, 0.25) is 0 Å². The van der Waals surface area contributed by atoms with Gasteiger partial charge in [0.05, 0.1) is 0 Å². The number of carbonyl (C=O) groups excluding carboxylic acids is 1. The van der Waals surface area contributed by atoms with Crippen molar-refractivity contribution >= 4 is 30.1 Å². The van der Waals surface area contributed by atoms with Crippen LogP contribution in [0.3, 0.4) is 0 Å². The maximum Gasteiger partial charge on any atom is 0.220 e. The average molecular weight is 255 g/mol. The second-order valence-electron chi connectivity index (χ2n) is 3.15. The third-order valence-electron chi connectivity index (χ3n) is 1.88. The van der Waals surface area contributed by atoms with E-state index in [1.807, 2.05) is 11.8 Å². The molecule has 3 nitrogen and oxygen atoms in total. The van der Waals surface area contributed by atoms with Crippen molar-refractivity contribution in [3.8, 4) is 0 Å². The number of unbranched alkanes of at least 4 members (excludes halogenated alkanes) is 1. The first-order valence-electron chi connectivity index (χ1n) is 5.27. The van der Waals surface area contributed by atoms with Gasteiger partial charge in [-0.1, -0.05) is 6.92 Å². The van der Waals surface area contributed by atoms with Gasteiger partial charge in [0.15, 0.2) is 0 Å². The maximum absolute atomic E-state index is 11.2. The second kappa shape index (κ2) is 14.1. The molecule has 0 rings (SSSR count). The van der Waals surface area contributed by atoms with Crippen molar-refractivity contribution in [1.82, 2.24) is 10.6 Å². The molecule has 92 valence electrons. The summed E-state index contributed by atoms with van der Waals surface area (Å²) in [5.74, 6) is 1.34. The summed E-state index contributed by atoms with van der Waals surface area (Å²) in [5.41, 5.74) is 0. The number of thioether (sulfide) groups is 1. The quantitative estimate of drug-likeness (QED) is 0.615. The Balaban J connectivity index is 0. The number of amides is 1. The van der Waals surface area contributed by atoms with Crippen LogP contribution in [0.4, 0.5) is 0 Å². The minimum atomic E-state index is 0. The summed E-state index contributed by atoms with van der Waals surface area (Å²) in [4.78, 5) is 11.2. The van der Waals surface area contributed by atoms with E-state index in [0.29, 0.717) is 6.42 Å². The molecule has 0 fully saturated rings. The van der Waals surface area contributed by atoms with Crippen molar-refractivity contribution in [3.63, 3.8) is 0 Å². The van der Waals surface area contributed by atoms with Gasteiger partial charge in [-0.15, -0.1) is 12.4 Å². The van der Waals surface area contributed by atoms with Crippen molar-refractivity contribution < 1.29 is 4.79 Å². The van der Waals surface area contributed by atoms with Crippen LogP contribution in [0.5, 0.6) is 0 Å². The minimum absolute atomic E-state index is 0. The fourth-order valence-corrected chi connectivity index (χ4v) is 1.58. The lowest BCUT2D eigenvalue weighted by Gasteiger charge is -2.04. The first kappa shape index (κ1) is 17.5. The zero-order chi connectivity index (χ0) is 10.6. The summed E-state index contributed by atoms with van der Waals surface area (Å²) in [6, 6.07) is 0. The van der Waals surface area contributed by atoms with Gasteiger partial charge in [0, 0.05) is 19.5 Å². The van der Waals surface area contributed by atoms with Crippen LogP contribution >= 0.6 is 24.2 Å². The topological polar surface area (TPSA) is 41.1 Å². The van der Waals surface area contributed by atoms with Gasteiger partial charge >= 0.3 is 0 Å². The number of halogens is 1. The molecule has 0 heterocycles. The van der Waals surface area contributed by atoms with Gasteiger partial charge in [-0.25, -0.2) is 0 Å². The Labute approximate surface area is 104 Å². The lowest BCUT2D eigenvalue weighted by atomic mass is 10.2. The van der Waals surface area contributed by atoms with E-state index in [1.54, 1.807) is 0 Å². The molecule has 0 aliphatic rings. The van der Waals surface area contributed by atoms with E-state index in [0.717, 1.165) is 38.2 Å². The van der Waals surface area contributed by atoms with Crippen LogP contribution in [0.1, 0.15) is 26.2 Å². The molecule has 0 bridgehead atoms. The number of nitrogens with one attached hydrogen (secondary N) is 2. The summed E-state index contributed by atoms with van der Waals surface area (Å²) < 4.78 is 0. The first-order chi connectivity index (χ1) is 6.81. The highest BCUT2D eigenvalue weighted by Crippen LogP contribution is 2.01. The third-order valence-corrected chi connectivity index (χ3v) is 2.57. The predicted molar refractivity (Wildman–Crippen MR) is 71.0 cm³/mol. The SMILES string of the molecule is CCNCCNC(=O)CCCCSC.Cl. The standard InChI is InChI=1S/C10H22N2OS.ClH/c1-3-11-7-8-12-10(13)6-4-5-9-14-2;/h11H,3-9H2,1-2H3,(H,12,13);1H. The van der Waals surface area contributed by atoms with Crippen LogP contribution < -0.4 is 10.6 Å². The third kappa shape index (κ3) is 14.1. The van der Waals surface area contributed by atoms with E-state index in [4.69, 9.17) is 0 Å². The van der Waals surface area contributed by atoms with E-state index < -0.39 is 0 Å². The lowest BCUT2D eigenvalue weighted by Crippen LogP contribution is -2.31. The van der Waals surface area contributed by atoms with Gasteiger partial charge in [0.2, 0.25) is 5.91 Å². The smallest absolute Gasteiger partial charge is 0.220 e. The molecule has 0 saturated heterocycles. The van der Waals surface area contributed by atoms with Crippen LogP contribution in [0.25, 0.3) is 0 Å². The maximum atomic E-state index is 11.2. The summed E-state index contributed by atoms with van der Waals surface area (Å²) >= 11 is 1.84. The first-order valence-corrected chi connectivity index (χ1v) is 6.67. The zero-order valence-electron chi connectivity index (χ0n) is 9.67. The fourth-order valence-electron chi connectivity index (χ4n) is 1.09. The highest BCUT2D eigenvalue weighted by atomic mass is 35.5. The van der Waals surface area contributed by atoms with Crippen molar-refractivity contribution in [3.05, 3.63) is 0 Å². The normalized spacial score (nSPS) is 9.47. The van der Waals surface area contributed by atoms with E-state index in [9.17, 15) is 4.79 Å². The minimum Gasteiger partial charge on any atom is -0.355 e. The largest absolute Gasteiger partial charge is 0.355 e. The highest BCUT2D eigenvalue weighted by molar-refractivity contribution is 7.98. The monoisotopic (exact) mass is 254 g/mol. The molecular weight excluding hydrogens is 232 g/mol. The molecule has 0 aromatic carbocycles. The Bertz CT molecular complexity index is 133. The average Bonchev–Trinajstić information content (AvgIpc) is 2.19. The number of carbonyl (C=O) groups is 1. The molecule has 5 heteroatoms. The van der Waals surface area contributed by atoms with Crippen LogP contribution in [-0.2, 0) is 4.79 Å². The zero-order valence-corrected chi connectivity index (χ0v) is 11.3. The molecule has 2 N–H and O–H groups in total. The molecule has 0 aromatic heterocycles. The molecule has 15 heavy (non-hydrogen) atoms. The van der Waals surface area contributed by atoms with Crippen LogP contribution in [0, 0.1) is 0 Å². The van der Waals surface area contributed by atoms with Gasteiger partial charge in [0.25, 0.3) is 0 Å². The molecular formula is C10H23ClN2OS. The Morgan fingerprint density at radius 1 is 1.27 bits per heavy atom. The fraction of sp³-hybridized carbons (Fsp3) is 0.900. The Morgan fingerprint density at radius 2 is 2.00 bits per heavy atom. The molecule has 0 aromatic rings. The molecule has 0 aliphatic carbocycles. The number of likely N-dealkylation sites (N-methyl/N-ethyl adjacent to an activating group) is 1. The van der Waals surface area contributed by atoms with Gasteiger partial charge in [-0.3, -0.25) is 4.79 Å². The van der Waals surface area contributed by atoms with Crippen molar-refractivity contribution in [2.24, 2.45) is 0 Å². The lowest BCUT2D eigenvalue weighted by molar-refractivity contribution is -0.121. The van der Waals surface area contributed by atoms with Gasteiger partial charge < -0.3 is 10.6 Å². The number of rotatable bonds is 9. The van der Waals surface area contributed by atoms with E-state index in [-0.39, 0.29) is 18.3 Å². The highest BCUT2D eigenvalue weighted by Gasteiger charge is 1.98. The predicted octanol–water partition coefficient (Wildman–Crippen LogP) is 1.67. The summed E-state index contributed by atoms with van der Waals surface area (Å²) in [7, 11) is 0. The number of hydrogen-bond donors (Lipinski definition) is 2. The molecule has 0 radical (unpaired) electrons. The van der Waals surface area contributed by atoms with E-state index >= 15 is 0 Å². The van der Waals surface area contributed by atoms with Gasteiger partial charge in [0.1, 0.15) is 0 Å². The Morgan fingerprint density at radius 3 is 2.60 bits per heavy atom. The number of hydrogen-bond acceptors (Lipinski definition) is 3. The molecule has 0 spiro atoms. The van der Waals surface area contributed by atoms with Crippen LogP contribution in [-0.4, -0.2) is 37.6 Å². The second-order valence-corrected chi connectivity index (χ2v) is 4.14. The molecule has 0 unspecified atom stereocenters. The van der Waals surface area contributed by atoms with E-state index in [1.165, 1.54) is 0 Å². The van der Waals surface area contributed by atoms with Gasteiger partial charge in [-0.2, -0.15) is 11.8 Å². The van der Waals surface area contributed by atoms with Crippen molar-refractivity contribution in [2.75, 3.05) is 31.6 Å². The Hall–Kier alpha value is 0.0700. The van der Waals surface area contributed by atoms with Gasteiger partial charge in [-0.05, 0) is 31.4 Å². The van der Waals surface area contributed by atoms with E-state index in [2.05, 4.69) is 23.8 Å². The Kier molecular flexibility index (Phi) is 16.4. The molecule has 0 atom stereocenters.